The molecule has 24 heavy (non-hydrogen) atoms. The number of pyridine rings is 1. The Labute approximate surface area is 138 Å². The maximum absolute atomic E-state index is 13.8. The van der Waals surface area contributed by atoms with Crippen LogP contribution in [0.4, 0.5) is 8.78 Å². The zero-order valence-corrected chi connectivity index (χ0v) is 13.4. The average molecular weight is 341 g/mol. The third kappa shape index (κ3) is 3.01. The van der Waals surface area contributed by atoms with E-state index in [0.29, 0.717) is 31.9 Å². The first-order chi connectivity index (χ1) is 11.4. The zero-order valence-electron chi connectivity index (χ0n) is 13.4. The van der Waals surface area contributed by atoms with Gasteiger partial charge in [-0.05, 0) is 39.3 Å². The van der Waals surface area contributed by atoms with Crippen molar-refractivity contribution in [1.29, 1.82) is 0 Å². The summed E-state index contributed by atoms with van der Waals surface area (Å²) in [4.78, 5) is 15.9. The monoisotopic (exact) mass is 341 g/mol. The van der Waals surface area contributed by atoms with E-state index in [0.717, 1.165) is 19.3 Å². The van der Waals surface area contributed by atoms with Gasteiger partial charge in [-0.2, -0.15) is 0 Å². The number of carbonyl (C=O) groups excluding carboxylic acids is 1. The fourth-order valence-electron chi connectivity index (χ4n) is 3.56. The molecule has 2 saturated heterocycles. The number of rotatable bonds is 2. The summed E-state index contributed by atoms with van der Waals surface area (Å²) in [7, 11) is 0. The fraction of sp³-hybridized carbons (Fsp3) is 0.625. The molecule has 2 fully saturated rings. The molecular formula is C16H21F2N3O3. The molecule has 0 aromatic carbocycles. The quantitative estimate of drug-likeness (QED) is 0.739. The van der Waals surface area contributed by atoms with Crippen LogP contribution < -0.4 is 10.6 Å². The van der Waals surface area contributed by atoms with Crippen LogP contribution >= 0.6 is 0 Å². The van der Waals surface area contributed by atoms with Crippen molar-refractivity contribution >= 4 is 5.91 Å². The number of nitrogens with one attached hydrogen (secondary N) is 2. The topological polar surface area (TPSA) is 83.5 Å². The van der Waals surface area contributed by atoms with Gasteiger partial charge in [0.05, 0.1) is 17.3 Å². The standard InChI is InChI=1S/C16H21F2N3O3/c1-15(21-13(22)12-11(18)8-10(17)9-20-12)4-7-24-16(14(15)23)2-5-19-6-3-16/h8-9,14,19,23H,2-7H2,1H3,(H,21,22)/t14-,15+/m0/s1. The minimum absolute atomic E-state index is 0.382. The van der Waals surface area contributed by atoms with Crippen molar-refractivity contribution in [1.82, 2.24) is 15.6 Å². The minimum Gasteiger partial charge on any atom is -0.388 e. The van der Waals surface area contributed by atoms with Gasteiger partial charge in [-0.25, -0.2) is 13.8 Å². The van der Waals surface area contributed by atoms with Gasteiger partial charge in [0, 0.05) is 12.7 Å². The summed E-state index contributed by atoms with van der Waals surface area (Å²) in [5.74, 6) is -2.66. The van der Waals surface area contributed by atoms with E-state index in [2.05, 4.69) is 15.6 Å². The molecule has 0 bridgehead atoms. The first kappa shape index (κ1) is 17.2. The van der Waals surface area contributed by atoms with Crippen LogP contribution in [0.2, 0.25) is 0 Å². The summed E-state index contributed by atoms with van der Waals surface area (Å²) < 4.78 is 32.6. The Morgan fingerprint density at radius 1 is 1.42 bits per heavy atom. The van der Waals surface area contributed by atoms with Gasteiger partial charge in [-0.3, -0.25) is 4.79 Å². The molecule has 3 heterocycles. The van der Waals surface area contributed by atoms with Gasteiger partial charge in [0.1, 0.15) is 11.9 Å². The van der Waals surface area contributed by atoms with Gasteiger partial charge in [0.15, 0.2) is 11.5 Å². The number of hydrogen-bond acceptors (Lipinski definition) is 5. The molecule has 0 radical (unpaired) electrons. The molecule has 6 nitrogen and oxygen atoms in total. The Kier molecular flexibility index (Phi) is 4.54. The van der Waals surface area contributed by atoms with Crippen LogP contribution in [0.3, 0.4) is 0 Å². The van der Waals surface area contributed by atoms with Crippen LogP contribution in [-0.4, -0.2) is 52.9 Å². The largest absolute Gasteiger partial charge is 0.388 e. The number of ether oxygens (including phenoxy) is 1. The van der Waals surface area contributed by atoms with Crippen molar-refractivity contribution in [3.8, 4) is 0 Å². The van der Waals surface area contributed by atoms with E-state index in [4.69, 9.17) is 4.74 Å². The van der Waals surface area contributed by atoms with Crippen molar-refractivity contribution in [2.45, 2.75) is 43.4 Å². The predicted molar refractivity (Wildman–Crippen MR) is 81.4 cm³/mol. The summed E-state index contributed by atoms with van der Waals surface area (Å²) in [5, 5.41) is 16.8. The van der Waals surface area contributed by atoms with Gasteiger partial charge >= 0.3 is 0 Å². The second kappa shape index (κ2) is 6.34. The lowest BCUT2D eigenvalue weighted by atomic mass is 9.73. The zero-order chi connectivity index (χ0) is 17.4. The number of aliphatic hydroxyl groups is 1. The molecule has 2 aliphatic rings. The van der Waals surface area contributed by atoms with Gasteiger partial charge in [-0.1, -0.05) is 0 Å². The number of halogens is 2. The maximum Gasteiger partial charge on any atom is 0.273 e. The van der Waals surface area contributed by atoms with Crippen molar-refractivity contribution < 1.29 is 23.4 Å². The molecule has 132 valence electrons. The molecule has 2 atom stereocenters. The molecule has 2 aliphatic heterocycles. The highest BCUT2D eigenvalue weighted by Crippen LogP contribution is 2.38. The highest BCUT2D eigenvalue weighted by molar-refractivity contribution is 5.93. The summed E-state index contributed by atoms with van der Waals surface area (Å²) in [6.07, 6.45) is 1.49. The average Bonchev–Trinajstić information content (AvgIpc) is 2.53. The second-order valence-corrected chi connectivity index (χ2v) is 6.67. The molecule has 3 rings (SSSR count). The molecule has 1 aromatic heterocycles. The molecule has 1 spiro atoms. The van der Waals surface area contributed by atoms with Crippen molar-refractivity contribution in [3.05, 3.63) is 29.6 Å². The molecule has 0 unspecified atom stereocenters. The predicted octanol–water partition coefficient (Wildman–Crippen LogP) is 0.752. The Balaban J connectivity index is 1.80. The van der Waals surface area contributed by atoms with Crippen LogP contribution in [-0.2, 0) is 4.74 Å². The molecule has 0 aliphatic carbocycles. The second-order valence-electron chi connectivity index (χ2n) is 6.67. The van der Waals surface area contributed by atoms with Crippen molar-refractivity contribution in [2.75, 3.05) is 19.7 Å². The Morgan fingerprint density at radius 2 is 2.12 bits per heavy atom. The number of carbonyl (C=O) groups is 1. The van der Waals surface area contributed by atoms with E-state index in [9.17, 15) is 18.7 Å². The van der Waals surface area contributed by atoms with Gasteiger partial charge in [0.2, 0.25) is 0 Å². The van der Waals surface area contributed by atoms with Crippen molar-refractivity contribution in [2.24, 2.45) is 0 Å². The number of amides is 1. The lowest BCUT2D eigenvalue weighted by Gasteiger charge is -2.52. The number of aromatic nitrogens is 1. The van der Waals surface area contributed by atoms with Gasteiger partial charge in [-0.15, -0.1) is 0 Å². The number of piperidine rings is 1. The Morgan fingerprint density at radius 3 is 2.79 bits per heavy atom. The van der Waals surface area contributed by atoms with Gasteiger partial charge < -0.3 is 20.5 Å². The molecular weight excluding hydrogens is 320 g/mol. The van der Waals surface area contributed by atoms with E-state index in [-0.39, 0.29) is 0 Å². The SMILES string of the molecule is C[C@@]1(NC(=O)c2ncc(F)cc2F)CCOC2(CCNCC2)[C@H]1O. The summed E-state index contributed by atoms with van der Waals surface area (Å²) in [5.41, 5.74) is -2.19. The van der Waals surface area contributed by atoms with Crippen LogP contribution in [0, 0.1) is 11.6 Å². The maximum atomic E-state index is 13.8. The van der Waals surface area contributed by atoms with Crippen molar-refractivity contribution in [3.63, 3.8) is 0 Å². The van der Waals surface area contributed by atoms with E-state index >= 15 is 0 Å². The molecule has 0 saturated carbocycles. The molecule has 1 aromatic rings. The summed E-state index contributed by atoms with van der Waals surface area (Å²) in [6.45, 7) is 3.53. The molecule has 3 N–H and O–H groups in total. The lowest BCUT2D eigenvalue weighted by Crippen LogP contribution is -2.69. The smallest absolute Gasteiger partial charge is 0.273 e. The van der Waals surface area contributed by atoms with E-state index in [1.807, 2.05) is 0 Å². The number of nitrogens with zero attached hydrogens (tertiary/aromatic N) is 1. The Hall–Kier alpha value is -1.64. The highest BCUT2D eigenvalue weighted by atomic mass is 19.1. The normalized spacial score (nSPS) is 29.4. The fourth-order valence-corrected chi connectivity index (χ4v) is 3.56. The third-order valence-corrected chi connectivity index (χ3v) is 4.98. The molecule has 8 heteroatoms. The van der Waals surface area contributed by atoms with E-state index in [1.54, 1.807) is 6.92 Å². The lowest BCUT2D eigenvalue weighted by molar-refractivity contribution is -0.197. The Bertz CT molecular complexity index is 631. The van der Waals surface area contributed by atoms with Gasteiger partial charge in [0.25, 0.3) is 5.91 Å². The van der Waals surface area contributed by atoms with E-state index < -0.39 is 40.5 Å². The summed E-state index contributed by atoms with van der Waals surface area (Å²) in [6, 6.07) is 0.610. The van der Waals surface area contributed by atoms with Crippen LogP contribution in [0.1, 0.15) is 36.7 Å². The van der Waals surface area contributed by atoms with Crippen LogP contribution in [0.15, 0.2) is 12.3 Å². The van der Waals surface area contributed by atoms with Crippen LogP contribution in [0.5, 0.6) is 0 Å². The van der Waals surface area contributed by atoms with E-state index in [1.165, 1.54) is 0 Å². The van der Waals surface area contributed by atoms with Crippen LogP contribution in [0.25, 0.3) is 0 Å². The first-order valence-electron chi connectivity index (χ1n) is 8.03. The third-order valence-electron chi connectivity index (χ3n) is 4.98. The highest BCUT2D eigenvalue weighted by Gasteiger charge is 2.53. The number of aliphatic hydroxyl groups excluding tert-OH is 1. The summed E-state index contributed by atoms with van der Waals surface area (Å²) >= 11 is 0. The molecule has 1 amide bonds. The first-order valence-corrected chi connectivity index (χ1v) is 8.03. The minimum atomic E-state index is -1.03. The number of hydrogen-bond donors (Lipinski definition) is 3.